The van der Waals surface area contributed by atoms with Crippen LogP contribution in [-0.2, 0) is 19.6 Å². The predicted molar refractivity (Wildman–Crippen MR) is 114 cm³/mol. The zero-order valence-electron chi connectivity index (χ0n) is 17.9. The third-order valence-corrected chi connectivity index (χ3v) is 7.59. The van der Waals surface area contributed by atoms with Crippen LogP contribution in [0.4, 0.5) is 14.5 Å². The smallest absolute Gasteiger partial charge is 0.338 e. The van der Waals surface area contributed by atoms with Gasteiger partial charge >= 0.3 is 5.97 Å². The molecule has 2 aromatic rings. The molecule has 1 aliphatic rings. The summed E-state index contributed by atoms with van der Waals surface area (Å²) < 4.78 is 58.0. The number of ether oxygens (including phenoxy) is 1. The fourth-order valence-corrected chi connectivity index (χ4v) is 5.12. The Bertz CT molecular complexity index is 1160. The molecule has 0 bridgehead atoms. The van der Waals surface area contributed by atoms with Crippen molar-refractivity contribution < 1.29 is 31.5 Å². The highest BCUT2D eigenvalue weighted by Crippen LogP contribution is 2.27. The van der Waals surface area contributed by atoms with E-state index in [0.717, 1.165) is 27.6 Å². The van der Waals surface area contributed by atoms with Gasteiger partial charge in [-0.3, -0.25) is 4.79 Å². The van der Waals surface area contributed by atoms with Crippen molar-refractivity contribution in [3.05, 3.63) is 58.7 Å². The van der Waals surface area contributed by atoms with Crippen LogP contribution < -0.4 is 5.32 Å². The Morgan fingerprint density at radius 2 is 1.72 bits per heavy atom. The normalized spacial score (nSPS) is 15.4. The number of carbonyl (C=O) groups excluding carboxylic acids is 2. The highest BCUT2D eigenvalue weighted by Gasteiger charge is 2.32. The van der Waals surface area contributed by atoms with Crippen molar-refractivity contribution in [2.75, 3.05) is 25.5 Å². The van der Waals surface area contributed by atoms with E-state index in [-0.39, 0.29) is 36.7 Å². The number of methoxy groups -OCH3 is 1. The zero-order valence-corrected chi connectivity index (χ0v) is 18.8. The number of nitrogens with zero attached hydrogens (tertiary/aromatic N) is 1. The number of benzene rings is 2. The van der Waals surface area contributed by atoms with Gasteiger partial charge in [-0.1, -0.05) is 0 Å². The number of carbonyl (C=O) groups is 2. The highest BCUT2D eigenvalue weighted by atomic mass is 32.2. The molecular weight excluding hydrogens is 442 g/mol. The van der Waals surface area contributed by atoms with Gasteiger partial charge in [0.1, 0.15) is 0 Å². The van der Waals surface area contributed by atoms with Crippen LogP contribution in [0, 0.1) is 31.4 Å². The Morgan fingerprint density at radius 1 is 1.06 bits per heavy atom. The van der Waals surface area contributed by atoms with E-state index in [1.165, 1.54) is 7.11 Å². The van der Waals surface area contributed by atoms with Crippen LogP contribution in [0.25, 0.3) is 0 Å². The van der Waals surface area contributed by atoms with E-state index in [4.69, 9.17) is 4.74 Å². The maximum Gasteiger partial charge on any atom is 0.338 e. The van der Waals surface area contributed by atoms with Crippen LogP contribution in [0.5, 0.6) is 0 Å². The molecule has 7 nitrogen and oxygen atoms in total. The zero-order chi connectivity index (χ0) is 23.6. The summed E-state index contributed by atoms with van der Waals surface area (Å²) in [5.74, 6) is -3.58. The molecular formula is C22H24F2N2O5S. The predicted octanol–water partition coefficient (Wildman–Crippen LogP) is 3.41. The number of nitrogens with one attached hydrogen (secondary N) is 1. The van der Waals surface area contributed by atoms with Crippen LogP contribution in [0.3, 0.4) is 0 Å². The summed E-state index contributed by atoms with van der Waals surface area (Å²) in [4.78, 5) is 24.4. The number of amides is 1. The number of anilines is 1. The molecule has 1 fully saturated rings. The van der Waals surface area contributed by atoms with E-state index in [0.29, 0.717) is 17.3 Å². The summed E-state index contributed by atoms with van der Waals surface area (Å²) in [5.41, 5.74) is 2.38. The Kier molecular flexibility index (Phi) is 6.94. The van der Waals surface area contributed by atoms with E-state index in [2.05, 4.69) is 5.32 Å². The van der Waals surface area contributed by atoms with E-state index >= 15 is 0 Å². The second-order valence-electron chi connectivity index (χ2n) is 7.70. The molecule has 0 atom stereocenters. The first-order chi connectivity index (χ1) is 15.0. The molecule has 0 saturated carbocycles. The minimum Gasteiger partial charge on any atom is -0.465 e. The van der Waals surface area contributed by atoms with Crippen molar-refractivity contribution in [2.24, 2.45) is 5.92 Å². The Balaban J connectivity index is 1.68. The number of hydrogen-bond acceptors (Lipinski definition) is 5. The van der Waals surface area contributed by atoms with E-state index in [9.17, 15) is 26.8 Å². The van der Waals surface area contributed by atoms with E-state index < -0.39 is 33.5 Å². The van der Waals surface area contributed by atoms with Gasteiger partial charge in [0, 0.05) is 24.7 Å². The van der Waals surface area contributed by atoms with E-state index in [1.807, 2.05) is 6.92 Å². The highest BCUT2D eigenvalue weighted by molar-refractivity contribution is 7.89. The summed E-state index contributed by atoms with van der Waals surface area (Å²) >= 11 is 0. The van der Waals surface area contributed by atoms with Crippen molar-refractivity contribution in [3.8, 4) is 0 Å². The summed E-state index contributed by atoms with van der Waals surface area (Å²) in [6.07, 6.45) is 0.535. The van der Waals surface area contributed by atoms with Gasteiger partial charge in [-0.05, 0) is 68.1 Å². The fraction of sp³-hybridized carbons (Fsp3) is 0.364. The van der Waals surface area contributed by atoms with Gasteiger partial charge in [0.15, 0.2) is 11.6 Å². The first-order valence-electron chi connectivity index (χ1n) is 10.00. The fourth-order valence-electron chi connectivity index (χ4n) is 3.64. The SMILES string of the molecule is COC(=O)c1cc(NC(=O)C2CCN(S(=O)(=O)c3ccc(F)c(F)c3)CC2)cc(C)c1C. The summed E-state index contributed by atoms with van der Waals surface area (Å²) in [6, 6.07) is 5.75. The van der Waals surface area contributed by atoms with E-state index in [1.54, 1.807) is 19.1 Å². The molecule has 172 valence electrons. The van der Waals surface area contributed by atoms with Gasteiger partial charge in [0.25, 0.3) is 0 Å². The molecule has 10 heteroatoms. The molecule has 1 saturated heterocycles. The number of sulfonamides is 1. The lowest BCUT2D eigenvalue weighted by Crippen LogP contribution is -2.41. The van der Waals surface area contributed by atoms with Gasteiger partial charge < -0.3 is 10.1 Å². The Labute approximate surface area is 185 Å². The molecule has 0 radical (unpaired) electrons. The van der Waals surface area contributed by atoms with Crippen LogP contribution >= 0.6 is 0 Å². The minimum atomic E-state index is -3.99. The maximum atomic E-state index is 13.5. The van der Waals surface area contributed by atoms with Gasteiger partial charge in [-0.25, -0.2) is 22.0 Å². The van der Waals surface area contributed by atoms with Gasteiger partial charge in [-0.15, -0.1) is 0 Å². The van der Waals surface area contributed by atoms with Crippen molar-refractivity contribution in [1.82, 2.24) is 4.31 Å². The van der Waals surface area contributed by atoms with Gasteiger partial charge in [-0.2, -0.15) is 4.31 Å². The van der Waals surface area contributed by atoms with Crippen molar-refractivity contribution >= 4 is 27.6 Å². The number of halogens is 2. The maximum absolute atomic E-state index is 13.5. The third-order valence-electron chi connectivity index (χ3n) is 5.69. The molecule has 0 aromatic heterocycles. The molecule has 3 rings (SSSR count). The minimum absolute atomic E-state index is 0.0692. The van der Waals surface area contributed by atoms with Crippen molar-refractivity contribution in [2.45, 2.75) is 31.6 Å². The van der Waals surface area contributed by atoms with Crippen LogP contribution in [-0.4, -0.2) is 44.8 Å². The second-order valence-corrected chi connectivity index (χ2v) is 9.64. The summed E-state index contributed by atoms with van der Waals surface area (Å²) in [5, 5.41) is 2.79. The van der Waals surface area contributed by atoms with Crippen LogP contribution in [0.2, 0.25) is 0 Å². The second kappa shape index (κ2) is 9.33. The number of esters is 1. The summed E-state index contributed by atoms with van der Waals surface area (Å²) in [6.45, 7) is 3.74. The van der Waals surface area contributed by atoms with Gasteiger partial charge in [0.05, 0.1) is 17.6 Å². The lowest BCUT2D eigenvalue weighted by molar-refractivity contribution is -0.120. The lowest BCUT2D eigenvalue weighted by atomic mass is 9.96. The van der Waals surface area contributed by atoms with Crippen LogP contribution in [0.15, 0.2) is 35.2 Å². The molecule has 1 heterocycles. The number of hydrogen-bond donors (Lipinski definition) is 1. The standard InChI is InChI=1S/C22H24F2N2O5S/c1-13-10-16(11-18(14(13)2)22(28)31-3)25-21(27)15-6-8-26(9-7-15)32(29,30)17-4-5-19(23)20(24)12-17/h4-5,10-12,15H,6-9H2,1-3H3,(H,25,27). The monoisotopic (exact) mass is 466 g/mol. The molecule has 1 aliphatic heterocycles. The Morgan fingerprint density at radius 3 is 2.31 bits per heavy atom. The number of piperidine rings is 1. The summed E-state index contributed by atoms with van der Waals surface area (Å²) in [7, 11) is -2.71. The lowest BCUT2D eigenvalue weighted by Gasteiger charge is -2.30. The molecule has 0 aliphatic carbocycles. The quantitative estimate of drug-likeness (QED) is 0.682. The Hall–Kier alpha value is -2.85. The van der Waals surface area contributed by atoms with Crippen molar-refractivity contribution in [1.29, 1.82) is 0 Å². The van der Waals surface area contributed by atoms with Crippen LogP contribution in [0.1, 0.15) is 34.3 Å². The molecule has 1 N–H and O–H groups in total. The molecule has 2 aromatic carbocycles. The largest absolute Gasteiger partial charge is 0.465 e. The molecule has 1 amide bonds. The molecule has 32 heavy (non-hydrogen) atoms. The molecule has 0 spiro atoms. The number of aryl methyl sites for hydroxylation is 1. The number of rotatable bonds is 5. The average molecular weight is 467 g/mol. The van der Waals surface area contributed by atoms with Gasteiger partial charge in [0.2, 0.25) is 15.9 Å². The topological polar surface area (TPSA) is 92.8 Å². The first-order valence-corrected chi connectivity index (χ1v) is 11.4. The van der Waals surface area contributed by atoms with Crippen molar-refractivity contribution in [3.63, 3.8) is 0 Å². The first kappa shape index (κ1) is 23.8. The molecule has 0 unspecified atom stereocenters. The average Bonchev–Trinajstić information content (AvgIpc) is 2.77. The third kappa shape index (κ3) is 4.81.